The predicted octanol–water partition coefficient (Wildman–Crippen LogP) is 2.28. The number of carbonyl (C=O) groups excluding carboxylic acids is 1. The SMILES string of the molecule is CCc1cc(N(C)CC(C)=O)ccc1OC. The molecule has 88 valence electrons. The molecule has 1 rings (SSSR count). The van der Waals surface area contributed by atoms with Gasteiger partial charge in [-0.1, -0.05) is 6.92 Å². The third-order valence-electron chi connectivity index (χ3n) is 2.55. The number of nitrogens with zero attached hydrogens (tertiary/aromatic N) is 1. The zero-order valence-corrected chi connectivity index (χ0v) is 10.4. The molecule has 0 saturated carbocycles. The molecule has 1 aromatic rings. The molecule has 0 radical (unpaired) electrons. The van der Waals surface area contributed by atoms with Gasteiger partial charge in [-0.2, -0.15) is 0 Å². The predicted molar refractivity (Wildman–Crippen MR) is 66.3 cm³/mol. The Morgan fingerprint density at radius 2 is 2.12 bits per heavy atom. The van der Waals surface area contributed by atoms with Crippen molar-refractivity contribution in [3.05, 3.63) is 23.8 Å². The molecule has 16 heavy (non-hydrogen) atoms. The Morgan fingerprint density at radius 1 is 1.44 bits per heavy atom. The summed E-state index contributed by atoms with van der Waals surface area (Å²) in [5, 5.41) is 0. The van der Waals surface area contributed by atoms with E-state index in [1.807, 2.05) is 24.1 Å². The summed E-state index contributed by atoms with van der Waals surface area (Å²) in [4.78, 5) is 13.0. The van der Waals surface area contributed by atoms with Crippen LogP contribution in [0.2, 0.25) is 0 Å². The second-order valence-electron chi connectivity index (χ2n) is 3.91. The van der Waals surface area contributed by atoms with Crippen LogP contribution >= 0.6 is 0 Å². The third kappa shape index (κ3) is 2.99. The fraction of sp³-hybridized carbons (Fsp3) is 0.462. The Morgan fingerprint density at radius 3 is 2.62 bits per heavy atom. The topological polar surface area (TPSA) is 29.5 Å². The van der Waals surface area contributed by atoms with Gasteiger partial charge in [-0.15, -0.1) is 0 Å². The minimum atomic E-state index is 0.163. The van der Waals surface area contributed by atoms with Crippen molar-refractivity contribution in [2.45, 2.75) is 20.3 Å². The largest absolute Gasteiger partial charge is 0.496 e. The molecule has 0 aliphatic carbocycles. The summed E-state index contributed by atoms with van der Waals surface area (Å²) in [6, 6.07) is 5.99. The van der Waals surface area contributed by atoms with E-state index >= 15 is 0 Å². The first-order valence-corrected chi connectivity index (χ1v) is 5.46. The van der Waals surface area contributed by atoms with Crippen LogP contribution in [0.3, 0.4) is 0 Å². The van der Waals surface area contributed by atoms with E-state index in [1.54, 1.807) is 14.0 Å². The van der Waals surface area contributed by atoms with E-state index in [4.69, 9.17) is 4.74 Å². The van der Waals surface area contributed by atoms with Gasteiger partial charge in [0, 0.05) is 12.7 Å². The number of methoxy groups -OCH3 is 1. The molecule has 0 atom stereocenters. The van der Waals surface area contributed by atoms with Crippen LogP contribution in [-0.4, -0.2) is 26.5 Å². The van der Waals surface area contributed by atoms with E-state index < -0.39 is 0 Å². The molecule has 0 N–H and O–H groups in total. The summed E-state index contributed by atoms with van der Waals surface area (Å²) in [6.45, 7) is 4.13. The van der Waals surface area contributed by atoms with Gasteiger partial charge >= 0.3 is 0 Å². The molecule has 0 aromatic heterocycles. The number of ether oxygens (including phenoxy) is 1. The molecule has 0 unspecified atom stereocenters. The zero-order valence-electron chi connectivity index (χ0n) is 10.4. The van der Waals surface area contributed by atoms with Crippen LogP contribution in [0.1, 0.15) is 19.4 Å². The number of ketones is 1. The Kier molecular flexibility index (Phi) is 4.35. The normalized spacial score (nSPS) is 10.0. The van der Waals surface area contributed by atoms with E-state index in [0.717, 1.165) is 23.4 Å². The van der Waals surface area contributed by atoms with Crippen LogP contribution in [0.5, 0.6) is 5.75 Å². The number of benzene rings is 1. The van der Waals surface area contributed by atoms with Gasteiger partial charge < -0.3 is 9.64 Å². The lowest BCUT2D eigenvalue weighted by Crippen LogP contribution is -2.23. The van der Waals surface area contributed by atoms with E-state index in [9.17, 15) is 4.79 Å². The van der Waals surface area contributed by atoms with Crippen molar-refractivity contribution in [3.8, 4) is 5.75 Å². The minimum absolute atomic E-state index is 0.163. The van der Waals surface area contributed by atoms with Crippen LogP contribution in [0.4, 0.5) is 5.69 Å². The molecule has 0 bridgehead atoms. The van der Waals surface area contributed by atoms with E-state index in [0.29, 0.717) is 6.54 Å². The molecule has 0 fully saturated rings. The van der Waals surface area contributed by atoms with Crippen LogP contribution in [-0.2, 0) is 11.2 Å². The Bertz CT molecular complexity index is 374. The monoisotopic (exact) mass is 221 g/mol. The van der Waals surface area contributed by atoms with Crippen LogP contribution in [0.15, 0.2) is 18.2 Å². The second-order valence-corrected chi connectivity index (χ2v) is 3.91. The average molecular weight is 221 g/mol. The summed E-state index contributed by atoms with van der Waals surface area (Å²) >= 11 is 0. The highest BCUT2D eigenvalue weighted by atomic mass is 16.5. The maximum absolute atomic E-state index is 11.0. The van der Waals surface area contributed by atoms with Gasteiger partial charge in [-0.05, 0) is 37.1 Å². The molecule has 0 aliphatic rings. The lowest BCUT2D eigenvalue weighted by atomic mass is 10.1. The average Bonchev–Trinajstić information content (AvgIpc) is 2.27. The van der Waals surface area contributed by atoms with Crippen LogP contribution < -0.4 is 9.64 Å². The molecule has 0 spiro atoms. The van der Waals surface area contributed by atoms with Gasteiger partial charge in [0.1, 0.15) is 11.5 Å². The van der Waals surface area contributed by atoms with Gasteiger partial charge in [0.25, 0.3) is 0 Å². The number of likely N-dealkylation sites (N-methyl/N-ethyl adjacent to an activating group) is 1. The maximum Gasteiger partial charge on any atom is 0.149 e. The summed E-state index contributed by atoms with van der Waals surface area (Å²) in [5.41, 5.74) is 2.21. The Balaban J connectivity index is 2.93. The highest BCUT2D eigenvalue weighted by molar-refractivity contribution is 5.80. The van der Waals surface area contributed by atoms with Crippen molar-refractivity contribution in [2.24, 2.45) is 0 Å². The Hall–Kier alpha value is -1.51. The number of Topliss-reactive ketones (excluding diaryl/α,β-unsaturated/α-hetero) is 1. The van der Waals surface area contributed by atoms with E-state index in [2.05, 4.69) is 13.0 Å². The second kappa shape index (κ2) is 5.54. The minimum Gasteiger partial charge on any atom is -0.496 e. The summed E-state index contributed by atoms with van der Waals surface area (Å²) < 4.78 is 5.27. The maximum atomic E-state index is 11.0. The van der Waals surface area contributed by atoms with Gasteiger partial charge in [0.2, 0.25) is 0 Å². The molecule has 3 nitrogen and oxygen atoms in total. The summed E-state index contributed by atoms with van der Waals surface area (Å²) in [6.07, 6.45) is 0.922. The molecular formula is C13H19NO2. The number of hydrogen-bond acceptors (Lipinski definition) is 3. The first kappa shape index (κ1) is 12.6. The van der Waals surface area contributed by atoms with Crippen molar-refractivity contribution in [1.29, 1.82) is 0 Å². The standard InChI is InChI=1S/C13H19NO2/c1-5-11-8-12(6-7-13(11)16-4)14(3)9-10(2)15/h6-8H,5,9H2,1-4H3. The van der Waals surface area contributed by atoms with Gasteiger partial charge in [-0.25, -0.2) is 0 Å². The molecule has 3 heteroatoms. The summed E-state index contributed by atoms with van der Waals surface area (Å²) in [7, 11) is 3.59. The quantitative estimate of drug-likeness (QED) is 0.764. The molecule has 0 amide bonds. The van der Waals surface area contributed by atoms with Crippen molar-refractivity contribution in [1.82, 2.24) is 0 Å². The molecule has 1 aromatic carbocycles. The smallest absolute Gasteiger partial charge is 0.149 e. The van der Waals surface area contributed by atoms with Crippen LogP contribution in [0, 0.1) is 0 Å². The number of hydrogen-bond donors (Lipinski definition) is 0. The van der Waals surface area contributed by atoms with E-state index in [-0.39, 0.29) is 5.78 Å². The number of aryl methyl sites for hydroxylation is 1. The fourth-order valence-corrected chi connectivity index (χ4v) is 1.70. The first-order chi connectivity index (χ1) is 7.58. The zero-order chi connectivity index (χ0) is 12.1. The first-order valence-electron chi connectivity index (χ1n) is 5.46. The highest BCUT2D eigenvalue weighted by Gasteiger charge is 2.07. The van der Waals surface area contributed by atoms with Crippen LogP contribution in [0.25, 0.3) is 0 Å². The van der Waals surface area contributed by atoms with Gasteiger partial charge in [0.05, 0.1) is 13.7 Å². The lowest BCUT2D eigenvalue weighted by Gasteiger charge is -2.19. The molecule has 0 saturated heterocycles. The molecular weight excluding hydrogens is 202 g/mol. The highest BCUT2D eigenvalue weighted by Crippen LogP contribution is 2.24. The number of anilines is 1. The van der Waals surface area contributed by atoms with Gasteiger partial charge in [0.15, 0.2) is 0 Å². The fourth-order valence-electron chi connectivity index (χ4n) is 1.70. The molecule has 0 heterocycles. The lowest BCUT2D eigenvalue weighted by molar-refractivity contribution is -0.115. The van der Waals surface area contributed by atoms with Crippen molar-refractivity contribution < 1.29 is 9.53 Å². The third-order valence-corrected chi connectivity index (χ3v) is 2.55. The molecule has 0 aliphatic heterocycles. The van der Waals surface area contributed by atoms with Gasteiger partial charge in [-0.3, -0.25) is 4.79 Å². The number of carbonyl (C=O) groups is 1. The van der Waals surface area contributed by atoms with Crippen molar-refractivity contribution in [3.63, 3.8) is 0 Å². The van der Waals surface area contributed by atoms with Crippen molar-refractivity contribution >= 4 is 11.5 Å². The van der Waals surface area contributed by atoms with Crippen molar-refractivity contribution in [2.75, 3.05) is 25.6 Å². The Labute approximate surface area is 97.0 Å². The number of rotatable bonds is 5. The van der Waals surface area contributed by atoms with E-state index in [1.165, 1.54) is 0 Å². The summed E-state index contributed by atoms with van der Waals surface area (Å²) in [5.74, 6) is 1.07.